The van der Waals surface area contributed by atoms with E-state index in [0.29, 0.717) is 11.5 Å². The van der Waals surface area contributed by atoms with E-state index in [1.54, 1.807) is 13.2 Å². The number of aryl methyl sites for hydroxylation is 1. The molecule has 0 heterocycles. The lowest BCUT2D eigenvalue weighted by atomic mass is 10.1. The Bertz CT molecular complexity index is 800. The van der Waals surface area contributed by atoms with E-state index in [-0.39, 0.29) is 12.0 Å². The number of hydrogen-bond acceptors (Lipinski definition) is 3. The number of ether oxygens (including phenoxy) is 2. The Balaban J connectivity index is 2.08. The SMILES string of the molecule is CCc1ccc(NC(=O)/C=C/c2ccc(OC(C)C)c(OC)c2)c(Br)c1. The second-order valence-electron chi connectivity index (χ2n) is 6.07. The summed E-state index contributed by atoms with van der Waals surface area (Å²) >= 11 is 3.49. The summed E-state index contributed by atoms with van der Waals surface area (Å²) in [5.74, 6) is 1.12. The molecule has 0 spiro atoms. The summed E-state index contributed by atoms with van der Waals surface area (Å²) in [7, 11) is 1.60. The summed E-state index contributed by atoms with van der Waals surface area (Å²) in [5, 5.41) is 2.87. The number of amides is 1. The molecule has 0 aliphatic heterocycles. The molecule has 0 aliphatic rings. The van der Waals surface area contributed by atoms with E-state index in [1.165, 1.54) is 11.6 Å². The zero-order chi connectivity index (χ0) is 19.1. The Hall–Kier alpha value is -2.27. The van der Waals surface area contributed by atoms with Crippen molar-refractivity contribution in [2.75, 3.05) is 12.4 Å². The predicted molar refractivity (Wildman–Crippen MR) is 110 cm³/mol. The van der Waals surface area contributed by atoms with Gasteiger partial charge >= 0.3 is 0 Å². The molecule has 0 saturated heterocycles. The van der Waals surface area contributed by atoms with Gasteiger partial charge in [0.05, 0.1) is 18.9 Å². The van der Waals surface area contributed by atoms with Crippen LogP contribution in [0.4, 0.5) is 5.69 Å². The van der Waals surface area contributed by atoms with Crippen molar-refractivity contribution in [1.29, 1.82) is 0 Å². The topological polar surface area (TPSA) is 47.6 Å². The quantitative estimate of drug-likeness (QED) is 0.608. The molecule has 138 valence electrons. The summed E-state index contributed by atoms with van der Waals surface area (Å²) in [6.45, 7) is 6.01. The Kier molecular flexibility index (Phi) is 7.27. The van der Waals surface area contributed by atoms with E-state index < -0.39 is 0 Å². The molecule has 0 bridgehead atoms. The maximum Gasteiger partial charge on any atom is 0.248 e. The molecular weight excluding hydrogens is 394 g/mol. The van der Waals surface area contributed by atoms with E-state index in [1.807, 2.05) is 50.2 Å². The standard InChI is InChI=1S/C21H24BrNO3/c1-5-15-6-9-18(17(22)12-15)23-21(24)11-8-16-7-10-19(26-14(2)3)20(13-16)25-4/h6-14H,5H2,1-4H3,(H,23,24)/b11-8+. The minimum atomic E-state index is -0.198. The van der Waals surface area contributed by atoms with Gasteiger partial charge in [-0.3, -0.25) is 4.79 Å². The van der Waals surface area contributed by atoms with Gasteiger partial charge in [-0.1, -0.05) is 19.1 Å². The van der Waals surface area contributed by atoms with Crippen LogP contribution >= 0.6 is 15.9 Å². The van der Waals surface area contributed by atoms with Crippen molar-refractivity contribution in [2.45, 2.75) is 33.3 Å². The third kappa shape index (κ3) is 5.63. The number of halogens is 1. The lowest BCUT2D eigenvalue weighted by Crippen LogP contribution is -2.08. The molecule has 26 heavy (non-hydrogen) atoms. The maximum absolute atomic E-state index is 12.2. The number of methoxy groups -OCH3 is 1. The van der Waals surface area contributed by atoms with E-state index >= 15 is 0 Å². The van der Waals surface area contributed by atoms with Crippen LogP contribution in [0.1, 0.15) is 31.9 Å². The molecule has 2 aromatic carbocycles. The van der Waals surface area contributed by atoms with Crippen LogP contribution in [0.15, 0.2) is 46.9 Å². The first-order chi connectivity index (χ1) is 12.4. The van der Waals surface area contributed by atoms with E-state index in [2.05, 4.69) is 28.2 Å². The fourth-order valence-electron chi connectivity index (χ4n) is 2.37. The van der Waals surface area contributed by atoms with Crippen LogP contribution in [0, 0.1) is 0 Å². The third-order valence-corrected chi connectivity index (χ3v) is 4.33. The van der Waals surface area contributed by atoms with Gasteiger partial charge in [0, 0.05) is 10.5 Å². The Morgan fingerprint density at radius 3 is 2.58 bits per heavy atom. The summed E-state index contributed by atoms with van der Waals surface area (Å²) in [5.41, 5.74) is 2.81. The average molecular weight is 418 g/mol. The van der Waals surface area contributed by atoms with Gasteiger partial charge in [0.1, 0.15) is 0 Å². The molecule has 1 amide bonds. The predicted octanol–water partition coefficient (Wildman–Crippen LogP) is 5.46. The molecule has 4 nitrogen and oxygen atoms in total. The van der Waals surface area contributed by atoms with Gasteiger partial charge in [-0.05, 0) is 77.7 Å². The van der Waals surface area contributed by atoms with E-state index in [9.17, 15) is 4.79 Å². The number of carbonyl (C=O) groups excluding carboxylic acids is 1. The molecule has 0 unspecified atom stereocenters. The van der Waals surface area contributed by atoms with Crippen LogP contribution in [-0.2, 0) is 11.2 Å². The lowest BCUT2D eigenvalue weighted by Gasteiger charge is -2.13. The smallest absolute Gasteiger partial charge is 0.248 e. The van der Waals surface area contributed by atoms with Crippen LogP contribution in [0.5, 0.6) is 11.5 Å². The molecule has 0 aliphatic carbocycles. The number of benzene rings is 2. The first-order valence-electron chi connectivity index (χ1n) is 8.55. The molecule has 0 atom stereocenters. The minimum Gasteiger partial charge on any atom is -0.493 e. The van der Waals surface area contributed by atoms with Crippen LogP contribution in [0.2, 0.25) is 0 Å². The highest BCUT2D eigenvalue weighted by atomic mass is 79.9. The Morgan fingerprint density at radius 2 is 1.96 bits per heavy atom. The molecule has 2 aromatic rings. The molecule has 0 radical (unpaired) electrons. The molecule has 0 fully saturated rings. The second-order valence-corrected chi connectivity index (χ2v) is 6.92. The van der Waals surface area contributed by atoms with Crippen molar-refractivity contribution < 1.29 is 14.3 Å². The minimum absolute atomic E-state index is 0.0635. The number of rotatable bonds is 7. The largest absolute Gasteiger partial charge is 0.493 e. The molecule has 2 rings (SSSR count). The van der Waals surface area contributed by atoms with Crippen molar-refractivity contribution in [2.24, 2.45) is 0 Å². The normalized spacial score (nSPS) is 11.0. The molecule has 0 saturated carbocycles. The summed E-state index contributed by atoms with van der Waals surface area (Å²) < 4.78 is 11.9. The van der Waals surface area contributed by atoms with Crippen LogP contribution in [-0.4, -0.2) is 19.1 Å². The van der Waals surface area contributed by atoms with Gasteiger partial charge in [0.2, 0.25) is 5.91 Å². The fourth-order valence-corrected chi connectivity index (χ4v) is 2.89. The third-order valence-electron chi connectivity index (χ3n) is 3.68. The van der Waals surface area contributed by atoms with Gasteiger partial charge in [-0.25, -0.2) is 0 Å². The maximum atomic E-state index is 12.2. The highest BCUT2D eigenvalue weighted by Gasteiger charge is 2.07. The van der Waals surface area contributed by atoms with E-state index in [4.69, 9.17) is 9.47 Å². The Labute approximate surface area is 163 Å². The number of nitrogens with one attached hydrogen (secondary N) is 1. The van der Waals surface area contributed by atoms with Crippen molar-refractivity contribution in [3.05, 3.63) is 58.1 Å². The second kappa shape index (κ2) is 9.43. The molecule has 5 heteroatoms. The highest BCUT2D eigenvalue weighted by Crippen LogP contribution is 2.29. The summed E-state index contributed by atoms with van der Waals surface area (Å²) in [6.07, 6.45) is 4.25. The van der Waals surface area contributed by atoms with Crippen LogP contribution in [0.3, 0.4) is 0 Å². The molecule has 0 aromatic heterocycles. The zero-order valence-electron chi connectivity index (χ0n) is 15.5. The van der Waals surface area contributed by atoms with Gasteiger partial charge < -0.3 is 14.8 Å². The van der Waals surface area contributed by atoms with Crippen LogP contribution in [0.25, 0.3) is 6.08 Å². The van der Waals surface area contributed by atoms with Crippen molar-refractivity contribution in [3.63, 3.8) is 0 Å². The zero-order valence-corrected chi connectivity index (χ0v) is 17.1. The lowest BCUT2D eigenvalue weighted by molar-refractivity contribution is -0.111. The Morgan fingerprint density at radius 1 is 1.19 bits per heavy atom. The van der Waals surface area contributed by atoms with Crippen molar-refractivity contribution >= 4 is 33.6 Å². The average Bonchev–Trinajstić information content (AvgIpc) is 2.62. The van der Waals surface area contributed by atoms with Crippen molar-refractivity contribution in [3.8, 4) is 11.5 Å². The van der Waals surface area contributed by atoms with Gasteiger partial charge in [0.15, 0.2) is 11.5 Å². The number of carbonyl (C=O) groups is 1. The van der Waals surface area contributed by atoms with Gasteiger partial charge in [-0.15, -0.1) is 0 Å². The fraction of sp³-hybridized carbons (Fsp3) is 0.286. The number of hydrogen-bond donors (Lipinski definition) is 1. The first kappa shape index (κ1) is 20.0. The van der Waals surface area contributed by atoms with E-state index in [0.717, 1.165) is 22.1 Å². The van der Waals surface area contributed by atoms with Crippen LogP contribution < -0.4 is 14.8 Å². The summed E-state index contributed by atoms with van der Waals surface area (Å²) in [6, 6.07) is 11.5. The number of anilines is 1. The molecular formula is C21H24BrNO3. The first-order valence-corrected chi connectivity index (χ1v) is 9.34. The monoisotopic (exact) mass is 417 g/mol. The summed E-state index contributed by atoms with van der Waals surface area (Å²) in [4.78, 5) is 12.2. The van der Waals surface area contributed by atoms with Gasteiger partial charge in [0.25, 0.3) is 0 Å². The van der Waals surface area contributed by atoms with Crippen molar-refractivity contribution in [1.82, 2.24) is 0 Å². The molecule has 1 N–H and O–H groups in total. The highest BCUT2D eigenvalue weighted by molar-refractivity contribution is 9.10. The van der Waals surface area contributed by atoms with Gasteiger partial charge in [-0.2, -0.15) is 0 Å².